The number of ketones is 1. The summed E-state index contributed by atoms with van der Waals surface area (Å²) >= 11 is 0. The van der Waals surface area contributed by atoms with Gasteiger partial charge in [-0.2, -0.15) is 0 Å². The third-order valence-corrected chi connectivity index (χ3v) is 1.98. The van der Waals surface area contributed by atoms with E-state index in [1.807, 2.05) is 13.8 Å². The molecule has 0 aliphatic heterocycles. The molecule has 12 heavy (non-hydrogen) atoms. The van der Waals surface area contributed by atoms with Gasteiger partial charge in [0.25, 0.3) is 0 Å². The van der Waals surface area contributed by atoms with Crippen molar-refractivity contribution in [1.29, 1.82) is 0 Å². The molecule has 0 saturated heterocycles. The van der Waals surface area contributed by atoms with Crippen molar-refractivity contribution in [2.24, 2.45) is 5.92 Å². The van der Waals surface area contributed by atoms with Crippen LogP contribution >= 0.6 is 0 Å². The monoisotopic (exact) mass is 172 g/mol. The summed E-state index contributed by atoms with van der Waals surface area (Å²) < 4.78 is 0. The number of hydrogen-bond donors (Lipinski definition) is 1. The highest BCUT2D eigenvalue weighted by Crippen LogP contribution is 2.13. The number of carbonyl (C=O) groups excluding carboxylic acids is 1. The molecular weight excluding hydrogens is 156 g/mol. The van der Waals surface area contributed by atoms with E-state index in [2.05, 4.69) is 0 Å². The Morgan fingerprint density at radius 3 is 2.25 bits per heavy atom. The fourth-order valence-electron chi connectivity index (χ4n) is 1.15. The Kier molecular flexibility index (Phi) is 5.34. The zero-order valence-electron chi connectivity index (χ0n) is 7.67. The minimum Gasteiger partial charge on any atom is -0.475 e. The van der Waals surface area contributed by atoms with E-state index in [9.17, 15) is 9.59 Å². The predicted octanol–water partition coefficient (Wildman–Crippen LogP) is 1.86. The molecule has 0 fully saturated rings. The highest BCUT2D eigenvalue weighted by molar-refractivity contribution is 6.33. The van der Waals surface area contributed by atoms with Crippen LogP contribution in [0.4, 0.5) is 0 Å². The van der Waals surface area contributed by atoms with Gasteiger partial charge in [0.1, 0.15) is 0 Å². The fourth-order valence-corrected chi connectivity index (χ4v) is 1.15. The average molecular weight is 172 g/mol. The zero-order valence-corrected chi connectivity index (χ0v) is 7.67. The molecule has 0 radical (unpaired) electrons. The lowest BCUT2D eigenvalue weighted by molar-refractivity contribution is -0.151. The van der Waals surface area contributed by atoms with Crippen LogP contribution in [0.5, 0.6) is 0 Å². The lowest BCUT2D eigenvalue weighted by atomic mass is 9.95. The number of unbranched alkanes of at least 4 members (excludes halogenated alkanes) is 1. The number of Topliss-reactive ketones (excluding diaryl/α,β-unsaturated/α-hetero) is 1. The number of carboxylic acids is 1. The van der Waals surface area contributed by atoms with Gasteiger partial charge >= 0.3 is 5.97 Å². The number of hydrogen-bond acceptors (Lipinski definition) is 2. The third kappa shape index (κ3) is 3.51. The molecule has 0 rings (SSSR count). The molecule has 0 saturated carbocycles. The molecule has 0 spiro atoms. The van der Waals surface area contributed by atoms with Gasteiger partial charge in [0, 0.05) is 5.92 Å². The van der Waals surface area contributed by atoms with Crippen molar-refractivity contribution in [1.82, 2.24) is 0 Å². The quantitative estimate of drug-likeness (QED) is 0.622. The Balaban J connectivity index is 3.96. The molecule has 0 aromatic heterocycles. The number of aliphatic carboxylic acids is 1. The van der Waals surface area contributed by atoms with Gasteiger partial charge < -0.3 is 5.11 Å². The van der Waals surface area contributed by atoms with Crippen LogP contribution in [0.3, 0.4) is 0 Å². The molecule has 1 atom stereocenters. The van der Waals surface area contributed by atoms with E-state index in [0.29, 0.717) is 12.8 Å². The van der Waals surface area contributed by atoms with Crippen LogP contribution in [0, 0.1) is 5.92 Å². The van der Waals surface area contributed by atoms with Gasteiger partial charge in [-0.25, -0.2) is 4.79 Å². The Hall–Kier alpha value is -0.860. The zero-order chi connectivity index (χ0) is 9.56. The molecule has 0 aromatic carbocycles. The van der Waals surface area contributed by atoms with E-state index in [-0.39, 0.29) is 5.92 Å². The van der Waals surface area contributed by atoms with Crippen molar-refractivity contribution in [3.63, 3.8) is 0 Å². The van der Waals surface area contributed by atoms with Crippen molar-refractivity contribution in [2.75, 3.05) is 0 Å². The lowest BCUT2D eigenvalue weighted by Gasteiger charge is -2.08. The number of carboxylic acid groups (broad SMARTS) is 1. The van der Waals surface area contributed by atoms with E-state index >= 15 is 0 Å². The standard InChI is InChI=1S/C9H16O3/c1-3-5-6-7(4-2)8(10)9(11)12/h7H,3-6H2,1-2H3,(H,11,12). The van der Waals surface area contributed by atoms with Crippen LogP contribution in [0.25, 0.3) is 0 Å². The van der Waals surface area contributed by atoms with Gasteiger partial charge in [0.05, 0.1) is 0 Å². The number of carbonyl (C=O) groups is 2. The van der Waals surface area contributed by atoms with Crippen LogP contribution in [-0.4, -0.2) is 16.9 Å². The van der Waals surface area contributed by atoms with Gasteiger partial charge in [0.2, 0.25) is 5.78 Å². The minimum absolute atomic E-state index is 0.276. The van der Waals surface area contributed by atoms with Crippen LogP contribution in [0.2, 0.25) is 0 Å². The normalized spacial score (nSPS) is 12.5. The van der Waals surface area contributed by atoms with Gasteiger partial charge in [-0.1, -0.05) is 26.7 Å². The summed E-state index contributed by atoms with van der Waals surface area (Å²) in [5, 5.41) is 8.43. The first-order valence-corrected chi connectivity index (χ1v) is 4.40. The molecular formula is C9H16O3. The second kappa shape index (κ2) is 5.75. The molecule has 3 nitrogen and oxygen atoms in total. The predicted molar refractivity (Wildman–Crippen MR) is 45.9 cm³/mol. The molecule has 1 N–H and O–H groups in total. The Morgan fingerprint density at radius 1 is 1.33 bits per heavy atom. The van der Waals surface area contributed by atoms with Crippen LogP contribution in [-0.2, 0) is 9.59 Å². The van der Waals surface area contributed by atoms with E-state index in [4.69, 9.17) is 5.11 Å². The molecule has 0 aromatic rings. The average Bonchev–Trinajstić information content (AvgIpc) is 2.05. The molecule has 70 valence electrons. The maximum absolute atomic E-state index is 11.0. The van der Waals surface area contributed by atoms with Crippen molar-refractivity contribution < 1.29 is 14.7 Å². The Morgan fingerprint density at radius 2 is 1.92 bits per heavy atom. The Bertz CT molecular complexity index is 163. The van der Waals surface area contributed by atoms with Gasteiger partial charge in [-0.05, 0) is 12.8 Å². The summed E-state index contributed by atoms with van der Waals surface area (Å²) in [6.45, 7) is 3.87. The smallest absolute Gasteiger partial charge is 0.372 e. The van der Waals surface area contributed by atoms with Gasteiger partial charge in [-0.3, -0.25) is 4.79 Å². The van der Waals surface area contributed by atoms with Crippen molar-refractivity contribution in [2.45, 2.75) is 39.5 Å². The van der Waals surface area contributed by atoms with Crippen molar-refractivity contribution in [3.8, 4) is 0 Å². The minimum atomic E-state index is -1.29. The summed E-state index contributed by atoms with van der Waals surface area (Å²) in [5.41, 5.74) is 0. The summed E-state index contributed by atoms with van der Waals surface area (Å²) in [6, 6.07) is 0. The van der Waals surface area contributed by atoms with E-state index in [1.54, 1.807) is 0 Å². The van der Waals surface area contributed by atoms with Gasteiger partial charge in [-0.15, -0.1) is 0 Å². The molecule has 1 unspecified atom stereocenters. The number of rotatable bonds is 6. The molecule has 0 aliphatic rings. The highest BCUT2D eigenvalue weighted by Gasteiger charge is 2.21. The summed E-state index contributed by atoms with van der Waals surface area (Å²) in [7, 11) is 0. The van der Waals surface area contributed by atoms with Crippen molar-refractivity contribution in [3.05, 3.63) is 0 Å². The maximum atomic E-state index is 11.0. The summed E-state index contributed by atoms with van der Waals surface area (Å²) in [5.74, 6) is -2.20. The van der Waals surface area contributed by atoms with Crippen LogP contribution in [0.1, 0.15) is 39.5 Å². The molecule has 3 heteroatoms. The summed E-state index contributed by atoms with van der Waals surface area (Å²) in [6.07, 6.45) is 3.27. The SMILES string of the molecule is CCCCC(CC)C(=O)C(=O)O. The van der Waals surface area contributed by atoms with Gasteiger partial charge in [0.15, 0.2) is 0 Å². The second-order valence-electron chi connectivity index (χ2n) is 2.92. The first-order valence-electron chi connectivity index (χ1n) is 4.40. The van der Waals surface area contributed by atoms with Crippen LogP contribution in [0.15, 0.2) is 0 Å². The topological polar surface area (TPSA) is 54.4 Å². The van der Waals surface area contributed by atoms with Crippen molar-refractivity contribution >= 4 is 11.8 Å². The second-order valence-corrected chi connectivity index (χ2v) is 2.92. The van der Waals surface area contributed by atoms with Crippen LogP contribution < -0.4 is 0 Å². The molecule has 0 aliphatic carbocycles. The fraction of sp³-hybridized carbons (Fsp3) is 0.778. The first kappa shape index (κ1) is 11.1. The van der Waals surface area contributed by atoms with E-state index in [1.165, 1.54) is 0 Å². The first-order chi connectivity index (χ1) is 5.63. The van der Waals surface area contributed by atoms with E-state index in [0.717, 1.165) is 12.8 Å². The lowest BCUT2D eigenvalue weighted by Crippen LogP contribution is -2.22. The summed E-state index contributed by atoms with van der Waals surface area (Å²) in [4.78, 5) is 21.3. The van der Waals surface area contributed by atoms with E-state index < -0.39 is 11.8 Å². The molecule has 0 bridgehead atoms. The highest BCUT2D eigenvalue weighted by atomic mass is 16.4. The molecule has 0 heterocycles. The largest absolute Gasteiger partial charge is 0.475 e. The third-order valence-electron chi connectivity index (χ3n) is 1.98. The Labute approximate surface area is 72.8 Å². The molecule has 0 amide bonds. The maximum Gasteiger partial charge on any atom is 0.372 e.